The molecule has 21 heavy (non-hydrogen) atoms. The van der Waals surface area contributed by atoms with Gasteiger partial charge in [-0.05, 0) is 61.0 Å². The van der Waals surface area contributed by atoms with Crippen LogP contribution in [0.3, 0.4) is 0 Å². The van der Waals surface area contributed by atoms with Gasteiger partial charge in [-0.3, -0.25) is 0 Å². The van der Waals surface area contributed by atoms with Crippen LogP contribution >= 0.6 is 15.9 Å². The van der Waals surface area contributed by atoms with Crippen LogP contribution in [0.2, 0.25) is 0 Å². The lowest BCUT2D eigenvalue weighted by Gasteiger charge is -2.22. The number of benzene rings is 2. The summed E-state index contributed by atoms with van der Waals surface area (Å²) in [5.74, 6) is 0.926. The highest BCUT2D eigenvalue weighted by Gasteiger charge is 2.15. The maximum absolute atomic E-state index is 14.1. The highest BCUT2D eigenvalue weighted by Crippen LogP contribution is 2.32. The van der Waals surface area contributed by atoms with E-state index in [4.69, 9.17) is 4.74 Å². The predicted octanol–water partition coefficient (Wildman–Crippen LogP) is 5.27. The molecule has 0 bridgehead atoms. The van der Waals surface area contributed by atoms with Gasteiger partial charge < -0.3 is 10.1 Å². The molecule has 0 aliphatic rings. The molecule has 0 heterocycles. The summed E-state index contributed by atoms with van der Waals surface area (Å²) in [6, 6.07) is 12.4. The first-order valence-corrected chi connectivity index (χ1v) is 7.61. The van der Waals surface area contributed by atoms with Gasteiger partial charge in [0.25, 0.3) is 0 Å². The van der Waals surface area contributed by atoms with Crippen molar-refractivity contribution in [1.82, 2.24) is 5.32 Å². The lowest BCUT2D eigenvalue weighted by molar-refractivity contribution is 0.405. The average Bonchev–Trinajstić information content (AvgIpc) is 2.39. The molecule has 0 amide bonds. The van der Waals surface area contributed by atoms with Crippen LogP contribution < -0.4 is 10.1 Å². The molecular weight excluding hydrogens is 333 g/mol. The Labute approximate surface area is 133 Å². The average molecular weight is 352 g/mol. The molecule has 1 N–H and O–H groups in total. The van der Waals surface area contributed by atoms with Gasteiger partial charge in [0, 0.05) is 17.6 Å². The molecule has 0 unspecified atom stereocenters. The van der Waals surface area contributed by atoms with Crippen LogP contribution in [0.4, 0.5) is 4.39 Å². The van der Waals surface area contributed by atoms with Crippen molar-refractivity contribution in [2.75, 3.05) is 0 Å². The topological polar surface area (TPSA) is 21.3 Å². The number of hydrogen-bond acceptors (Lipinski definition) is 2. The Morgan fingerprint density at radius 1 is 1.05 bits per heavy atom. The van der Waals surface area contributed by atoms with Crippen LogP contribution in [0.1, 0.15) is 26.3 Å². The molecule has 4 heteroatoms. The van der Waals surface area contributed by atoms with E-state index in [0.29, 0.717) is 23.6 Å². The first-order valence-electron chi connectivity index (χ1n) is 6.81. The van der Waals surface area contributed by atoms with Gasteiger partial charge in [-0.25, -0.2) is 4.39 Å². The lowest BCUT2D eigenvalue weighted by atomic mass is 10.1. The highest BCUT2D eigenvalue weighted by atomic mass is 79.9. The first kappa shape index (κ1) is 16.0. The monoisotopic (exact) mass is 351 g/mol. The van der Waals surface area contributed by atoms with Gasteiger partial charge in [-0.1, -0.05) is 18.2 Å². The summed E-state index contributed by atoms with van der Waals surface area (Å²) in [7, 11) is 0. The second kappa shape index (κ2) is 6.58. The number of rotatable bonds is 4. The Hall–Kier alpha value is -1.39. The van der Waals surface area contributed by atoms with Crippen molar-refractivity contribution >= 4 is 15.9 Å². The van der Waals surface area contributed by atoms with E-state index >= 15 is 0 Å². The number of hydrogen-bond donors (Lipinski definition) is 1. The molecule has 0 aromatic heterocycles. The summed E-state index contributed by atoms with van der Waals surface area (Å²) < 4.78 is 20.8. The number of para-hydroxylation sites is 1. The molecule has 2 nitrogen and oxygen atoms in total. The fourth-order valence-corrected chi connectivity index (χ4v) is 2.17. The Kier molecular flexibility index (Phi) is 5.01. The van der Waals surface area contributed by atoms with Crippen molar-refractivity contribution < 1.29 is 9.13 Å². The van der Waals surface area contributed by atoms with Crippen LogP contribution in [0.5, 0.6) is 11.5 Å². The molecule has 2 rings (SSSR count). The van der Waals surface area contributed by atoms with Crippen molar-refractivity contribution in [3.05, 3.63) is 58.3 Å². The summed E-state index contributed by atoms with van der Waals surface area (Å²) in [5.41, 5.74) is 0.440. The van der Waals surface area contributed by atoms with E-state index in [-0.39, 0.29) is 11.4 Å². The maximum atomic E-state index is 14.1. The van der Waals surface area contributed by atoms with Gasteiger partial charge in [-0.15, -0.1) is 0 Å². The van der Waals surface area contributed by atoms with Crippen molar-refractivity contribution in [2.45, 2.75) is 32.9 Å². The molecule has 2 aromatic carbocycles. The molecule has 0 saturated carbocycles. The zero-order valence-corrected chi connectivity index (χ0v) is 14.0. The van der Waals surface area contributed by atoms with E-state index in [1.165, 1.54) is 6.07 Å². The van der Waals surface area contributed by atoms with Gasteiger partial charge in [0.05, 0.1) is 4.47 Å². The van der Waals surface area contributed by atoms with Gasteiger partial charge >= 0.3 is 0 Å². The largest absolute Gasteiger partial charge is 0.456 e. The Morgan fingerprint density at radius 3 is 2.38 bits per heavy atom. The van der Waals surface area contributed by atoms with Crippen molar-refractivity contribution in [3.63, 3.8) is 0 Å². The number of nitrogens with one attached hydrogen (secondary N) is 1. The number of ether oxygens (including phenoxy) is 1. The SMILES string of the molecule is CC(C)(C)NCc1c(F)cccc1Oc1ccccc1Br. The molecule has 2 aromatic rings. The summed E-state index contributed by atoms with van der Waals surface area (Å²) in [6.45, 7) is 6.54. The molecule has 0 atom stereocenters. The molecule has 0 fully saturated rings. The second-order valence-corrected chi connectivity index (χ2v) is 6.71. The minimum Gasteiger partial charge on any atom is -0.456 e. The summed E-state index contributed by atoms with van der Waals surface area (Å²) >= 11 is 3.43. The van der Waals surface area contributed by atoms with Crippen LogP contribution in [-0.2, 0) is 6.54 Å². The Balaban J connectivity index is 2.27. The molecule has 0 radical (unpaired) electrons. The predicted molar refractivity (Wildman–Crippen MR) is 87.2 cm³/mol. The fourth-order valence-electron chi connectivity index (χ4n) is 1.81. The molecule has 0 aliphatic heterocycles. The van der Waals surface area contributed by atoms with E-state index < -0.39 is 0 Å². The van der Waals surface area contributed by atoms with E-state index in [9.17, 15) is 4.39 Å². The Morgan fingerprint density at radius 2 is 1.71 bits per heavy atom. The minimum atomic E-state index is -0.267. The molecule has 0 saturated heterocycles. The van der Waals surface area contributed by atoms with Gasteiger partial charge in [0.1, 0.15) is 17.3 Å². The zero-order valence-electron chi connectivity index (χ0n) is 12.4. The molecule has 0 aliphatic carbocycles. The first-order chi connectivity index (χ1) is 9.87. The van der Waals surface area contributed by atoms with Crippen molar-refractivity contribution in [3.8, 4) is 11.5 Å². The van der Waals surface area contributed by atoms with Crippen LogP contribution in [0, 0.1) is 5.82 Å². The minimum absolute atomic E-state index is 0.0904. The second-order valence-electron chi connectivity index (χ2n) is 5.85. The van der Waals surface area contributed by atoms with Crippen LogP contribution in [0.25, 0.3) is 0 Å². The smallest absolute Gasteiger partial charge is 0.141 e. The summed E-state index contributed by atoms with van der Waals surface area (Å²) in [4.78, 5) is 0. The van der Waals surface area contributed by atoms with E-state index in [1.54, 1.807) is 12.1 Å². The van der Waals surface area contributed by atoms with Crippen molar-refractivity contribution in [2.24, 2.45) is 0 Å². The lowest BCUT2D eigenvalue weighted by Crippen LogP contribution is -2.35. The molecule has 112 valence electrons. The van der Waals surface area contributed by atoms with Crippen LogP contribution in [0.15, 0.2) is 46.9 Å². The van der Waals surface area contributed by atoms with E-state index in [1.807, 2.05) is 45.0 Å². The Bertz CT molecular complexity index is 622. The fraction of sp³-hybridized carbons (Fsp3) is 0.294. The third kappa shape index (κ3) is 4.55. The molecule has 0 spiro atoms. The van der Waals surface area contributed by atoms with Gasteiger partial charge in [0.2, 0.25) is 0 Å². The quantitative estimate of drug-likeness (QED) is 0.810. The normalized spacial score (nSPS) is 11.5. The summed E-state index contributed by atoms with van der Waals surface area (Å²) in [6.07, 6.45) is 0. The third-order valence-electron chi connectivity index (χ3n) is 2.93. The van der Waals surface area contributed by atoms with E-state index in [0.717, 1.165) is 4.47 Å². The third-order valence-corrected chi connectivity index (χ3v) is 3.58. The van der Waals surface area contributed by atoms with Crippen molar-refractivity contribution in [1.29, 1.82) is 0 Å². The summed E-state index contributed by atoms with van der Waals surface area (Å²) in [5, 5.41) is 3.29. The van der Waals surface area contributed by atoms with E-state index in [2.05, 4.69) is 21.2 Å². The molecular formula is C17H19BrFNO. The van der Waals surface area contributed by atoms with Crippen LogP contribution in [-0.4, -0.2) is 5.54 Å². The van der Waals surface area contributed by atoms with Gasteiger partial charge in [0.15, 0.2) is 0 Å². The number of halogens is 2. The zero-order chi connectivity index (χ0) is 15.5. The van der Waals surface area contributed by atoms with Gasteiger partial charge in [-0.2, -0.15) is 0 Å². The standard InChI is InChI=1S/C17H19BrFNO/c1-17(2,3)20-11-12-14(19)8-6-10-15(12)21-16-9-5-4-7-13(16)18/h4-10,20H,11H2,1-3H3. The highest BCUT2D eigenvalue weighted by molar-refractivity contribution is 9.10. The maximum Gasteiger partial charge on any atom is 0.141 e.